The SMILES string of the molecule is CC(=O)c1c[nH]c(=O)n(C(C)c2ccc(Br)cc2)c1=O. The molecule has 0 saturated heterocycles. The van der Waals surface area contributed by atoms with E-state index in [-0.39, 0.29) is 11.3 Å². The van der Waals surface area contributed by atoms with Gasteiger partial charge < -0.3 is 4.98 Å². The largest absolute Gasteiger partial charge is 0.328 e. The summed E-state index contributed by atoms with van der Waals surface area (Å²) >= 11 is 3.33. The second kappa shape index (κ2) is 5.58. The van der Waals surface area contributed by atoms with E-state index in [4.69, 9.17) is 0 Å². The van der Waals surface area contributed by atoms with E-state index < -0.39 is 17.3 Å². The molecule has 1 heterocycles. The van der Waals surface area contributed by atoms with Gasteiger partial charge in [-0.05, 0) is 31.5 Å². The van der Waals surface area contributed by atoms with Crippen LogP contribution in [-0.4, -0.2) is 15.3 Å². The van der Waals surface area contributed by atoms with Crippen molar-refractivity contribution in [2.75, 3.05) is 0 Å². The third kappa shape index (κ3) is 2.65. The van der Waals surface area contributed by atoms with Crippen molar-refractivity contribution >= 4 is 21.7 Å². The lowest BCUT2D eigenvalue weighted by Gasteiger charge is -2.15. The van der Waals surface area contributed by atoms with Gasteiger partial charge in [0.15, 0.2) is 5.78 Å². The third-order valence-corrected chi connectivity index (χ3v) is 3.66. The van der Waals surface area contributed by atoms with Crippen LogP contribution >= 0.6 is 15.9 Å². The smallest absolute Gasteiger partial charge is 0.313 e. The zero-order chi connectivity index (χ0) is 14.9. The summed E-state index contributed by atoms with van der Waals surface area (Å²) in [5, 5.41) is 0. The van der Waals surface area contributed by atoms with E-state index in [1.165, 1.54) is 6.92 Å². The summed E-state index contributed by atoms with van der Waals surface area (Å²) in [5.41, 5.74) is -0.317. The van der Waals surface area contributed by atoms with Crippen LogP contribution in [0.1, 0.15) is 35.8 Å². The molecule has 0 spiro atoms. The Kier molecular flexibility index (Phi) is 4.04. The van der Waals surface area contributed by atoms with Crippen LogP contribution in [0.15, 0.2) is 44.5 Å². The number of carbonyl (C=O) groups is 1. The molecule has 104 valence electrons. The molecule has 5 nitrogen and oxygen atoms in total. The van der Waals surface area contributed by atoms with E-state index in [1.54, 1.807) is 6.92 Å². The van der Waals surface area contributed by atoms with Gasteiger partial charge in [-0.3, -0.25) is 14.2 Å². The van der Waals surface area contributed by atoms with Crippen molar-refractivity contribution in [1.82, 2.24) is 9.55 Å². The van der Waals surface area contributed by atoms with Crippen LogP contribution < -0.4 is 11.2 Å². The normalized spacial score (nSPS) is 12.2. The molecule has 1 aromatic carbocycles. The van der Waals surface area contributed by atoms with Gasteiger partial charge in [0.1, 0.15) is 0 Å². The van der Waals surface area contributed by atoms with E-state index in [1.807, 2.05) is 24.3 Å². The lowest BCUT2D eigenvalue weighted by atomic mass is 10.1. The summed E-state index contributed by atoms with van der Waals surface area (Å²) in [6.45, 7) is 3.04. The highest BCUT2D eigenvalue weighted by molar-refractivity contribution is 9.10. The fraction of sp³-hybridized carbons (Fsp3) is 0.214. The molecule has 0 saturated carbocycles. The van der Waals surface area contributed by atoms with E-state index in [2.05, 4.69) is 20.9 Å². The summed E-state index contributed by atoms with van der Waals surface area (Å²) in [6.07, 6.45) is 1.16. The lowest BCUT2D eigenvalue weighted by molar-refractivity contribution is 0.101. The number of nitrogens with zero attached hydrogens (tertiary/aromatic N) is 1. The maximum Gasteiger partial charge on any atom is 0.328 e. The van der Waals surface area contributed by atoms with Crippen LogP contribution in [0.2, 0.25) is 0 Å². The summed E-state index contributed by atoms with van der Waals surface area (Å²) in [7, 11) is 0. The maximum absolute atomic E-state index is 12.2. The molecule has 20 heavy (non-hydrogen) atoms. The minimum atomic E-state index is -0.573. The van der Waals surface area contributed by atoms with Gasteiger partial charge in [-0.25, -0.2) is 4.79 Å². The van der Waals surface area contributed by atoms with Gasteiger partial charge in [0.05, 0.1) is 11.6 Å². The third-order valence-electron chi connectivity index (χ3n) is 3.13. The number of ketones is 1. The predicted molar refractivity (Wildman–Crippen MR) is 79.3 cm³/mol. The van der Waals surface area contributed by atoms with Crippen LogP contribution in [0, 0.1) is 0 Å². The minimum Gasteiger partial charge on any atom is -0.313 e. The van der Waals surface area contributed by atoms with Crippen molar-refractivity contribution < 1.29 is 4.79 Å². The van der Waals surface area contributed by atoms with E-state index in [9.17, 15) is 14.4 Å². The maximum atomic E-state index is 12.2. The Morgan fingerprint density at radius 1 is 1.25 bits per heavy atom. The summed E-state index contributed by atoms with van der Waals surface area (Å²) in [5.74, 6) is -0.372. The molecule has 0 aliphatic carbocycles. The van der Waals surface area contributed by atoms with Gasteiger partial charge in [0, 0.05) is 10.7 Å². The molecule has 1 unspecified atom stereocenters. The molecule has 2 aromatic rings. The van der Waals surface area contributed by atoms with Crippen LogP contribution in [0.3, 0.4) is 0 Å². The zero-order valence-corrected chi connectivity index (χ0v) is 12.6. The van der Waals surface area contributed by atoms with E-state index >= 15 is 0 Å². The van der Waals surface area contributed by atoms with Gasteiger partial charge in [-0.2, -0.15) is 0 Å². The van der Waals surface area contributed by atoms with Crippen LogP contribution in [0.4, 0.5) is 0 Å². The predicted octanol–water partition coefficient (Wildman–Crippen LogP) is 2.11. The number of Topliss-reactive ketones (excluding diaryl/α,β-unsaturated/α-hetero) is 1. The highest BCUT2D eigenvalue weighted by Crippen LogP contribution is 2.18. The number of nitrogens with one attached hydrogen (secondary N) is 1. The molecular formula is C14H13BrN2O3. The fourth-order valence-corrected chi connectivity index (χ4v) is 2.25. The Morgan fingerprint density at radius 3 is 2.40 bits per heavy atom. The first kappa shape index (κ1) is 14.5. The monoisotopic (exact) mass is 336 g/mol. The Hall–Kier alpha value is -1.95. The molecule has 6 heteroatoms. The van der Waals surface area contributed by atoms with E-state index in [0.29, 0.717) is 0 Å². The lowest BCUT2D eigenvalue weighted by Crippen LogP contribution is -2.39. The van der Waals surface area contributed by atoms with Gasteiger partial charge in [0.2, 0.25) is 0 Å². The second-order valence-electron chi connectivity index (χ2n) is 4.47. The number of hydrogen-bond acceptors (Lipinski definition) is 3. The molecule has 0 aliphatic heterocycles. The highest BCUT2D eigenvalue weighted by atomic mass is 79.9. The molecule has 1 atom stereocenters. The highest BCUT2D eigenvalue weighted by Gasteiger charge is 2.16. The molecule has 2 rings (SSSR count). The average Bonchev–Trinajstić information content (AvgIpc) is 2.38. The van der Waals surface area contributed by atoms with Crippen molar-refractivity contribution in [2.45, 2.75) is 19.9 Å². The molecule has 1 N–H and O–H groups in total. The number of aromatic amines is 1. The number of halogens is 1. The molecule has 0 fully saturated rings. The minimum absolute atomic E-state index is 0.0199. The van der Waals surface area contributed by atoms with Gasteiger partial charge >= 0.3 is 5.69 Å². The number of hydrogen-bond donors (Lipinski definition) is 1. The standard InChI is InChI=1S/C14H13BrN2O3/c1-8(10-3-5-11(15)6-4-10)17-13(19)12(9(2)18)7-16-14(17)20/h3-8H,1-2H3,(H,16,20). The number of carbonyl (C=O) groups excluding carboxylic acids is 1. The topological polar surface area (TPSA) is 71.9 Å². The van der Waals surface area contributed by atoms with Crippen molar-refractivity contribution in [3.63, 3.8) is 0 Å². The average molecular weight is 337 g/mol. The van der Waals surface area contributed by atoms with Gasteiger partial charge in [-0.15, -0.1) is 0 Å². The number of benzene rings is 1. The number of rotatable bonds is 3. The fourth-order valence-electron chi connectivity index (χ4n) is 1.98. The first-order valence-electron chi connectivity index (χ1n) is 6.02. The van der Waals surface area contributed by atoms with Gasteiger partial charge in [0.25, 0.3) is 5.56 Å². The van der Waals surface area contributed by atoms with Crippen molar-refractivity contribution in [3.05, 3.63) is 66.9 Å². The number of H-pyrrole nitrogens is 1. The van der Waals surface area contributed by atoms with Crippen molar-refractivity contribution in [3.8, 4) is 0 Å². The van der Waals surface area contributed by atoms with Crippen LogP contribution in [0.5, 0.6) is 0 Å². The quantitative estimate of drug-likeness (QED) is 0.872. The molecule has 0 bridgehead atoms. The zero-order valence-electron chi connectivity index (χ0n) is 11.0. The van der Waals surface area contributed by atoms with E-state index in [0.717, 1.165) is 20.8 Å². The Bertz CT molecular complexity index is 759. The summed E-state index contributed by atoms with van der Waals surface area (Å²) in [6, 6.07) is 6.85. The first-order valence-corrected chi connectivity index (χ1v) is 6.81. The molecular weight excluding hydrogens is 324 g/mol. The summed E-state index contributed by atoms with van der Waals surface area (Å²) < 4.78 is 1.96. The van der Waals surface area contributed by atoms with Crippen LogP contribution in [0.25, 0.3) is 0 Å². The number of aromatic nitrogens is 2. The molecule has 0 radical (unpaired) electrons. The van der Waals surface area contributed by atoms with Crippen molar-refractivity contribution in [1.29, 1.82) is 0 Å². The second-order valence-corrected chi connectivity index (χ2v) is 5.38. The Balaban J connectivity index is 2.60. The van der Waals surface area contributed by atoms with Crippen molar-refractivity contribution in [2.24, 2.45) is 0 Å². The first-order chi connectivity index (χ1) is 9.41. The van der Waals surface area contributed by atoms with Gasteiger partial charge in [-0.1, -0.05) is 28.1 Å². The molecule has 0 amide bonds. The Labute approximate surface area is 123 Å². The molecule has 1 aromatic heterocycles. The van der Waals surface area contributed by atoms with Crippen LogP contribution in [-0.2, 0) is 0 Å². The molecule has 0 aliphatic rings. The summed E-state index contributed by atoms with van der Waals surface area (Å²) in [4.78, 5) is 37.9. The Morgan fingerprint density at radius 2 is 1.85 bits per heavy atom.